The monoisotopic (exact) mass is 303 g/mol. The van der Waals surface area contributed by atoms with Gasteiger partial charge in [0.1, 0.15) is 5.01 Å². The van der Waals surface area contributed by atoms with E-state index in [2.05, 4.69) is 43.5 Å². The Labute approximate surface area is 105 Å². The Balaban J connectivity index is 1.90. The Bertz CT molecular complexity index is 413. The molecule has 0 bridgehead atoms. The van der Waals surface area contributed by atoms with Crippen LogP contribution in [0, 0.1) is 0 Å². The highest BCUT2D eigenvalue weighted by Crippen LogP contribution is 2.24. The maximum atomic E-state index is 4.31. The summed E-state index contributed by atoms with van der Waals surface area (Å²) in [5.41, 5.74) is 2.93. The molecule has 80 valence electrons. The zero-order valence-electron chi connectivity index (χ0n) is 8.11. The third-order valence-corrected chi connectivity index (χ3v) is 4.23. The van der Waals surface area contributed by atoms with Gasteiger partial charge in [-0.3, -0.25) is 0 Å². The molecule has 2 rings (SSSR count). The second-order valence-electron chi connectivity index (χ2n) is 3.08. The summed E-state index contributed by atoms with van der Waals surface area (Å²) in [6, 6.07) is 0.267. The minimum atomic E-state index is 0.267. The standard InChI is InChI=1S/C9H10BrN3S2/c1-6(9-12-3-8(10)15-9)11-2-7-4-14-5-13-7/h3-6,11H,2H2,1H3. The third-order valence-electron chi connectivity index (χ3n) is 1.94. The van der Waals surface area contributed by atoms with Crippen LogP contribution in [-0.4, -0.2) is 9.97 Å². The lowest BCUT2D eigenvalue weighted by atomic mass is 10.3. The van der Waals surface area contributed by atoms with Crippen LogP contribution in [0.4, 0.5) is 0 Å². The van der Waals surface area contributed by atoms with E-state index in [1.807, 2.05) is 11.7 Å². The van der Waals surface area contributed by atoms with Crippen molar-refractivity contribution in [2.24, 2.45) is 0 Å². The summed E-state index contributed by atoms with van der Waals surface area (Å²) in [5, 5.41) is 6.53. The Morgan fingerprint density at radius 1 is 1.53 bits per heavy atom. The molecular weight excluding hydrogens is 294 g/mol. The van der Waals surface area contributed by atoms with Crippen LogP contribution in [0.1, 0.15) is 23.7 Å². The number of hydrogen-bond acceptors (Lipinski definition) is 5. The van der Waals surface area contributed by atoms with Gasteiger partial charge in [-0.15, -0.1) is 22.7 Å². The summed E-state index contributed by atoms with van der Waals surface area (Å²) >= 11 is 6.69. The molecule has 2 aromatic rings. The second-order valence-corrected chi connectivity index (χ2v) is 6.25. The number of aromatic nitrogens is 2. The number of rotatable bonds is 4. The Morgan fingerprint density at radius 2 is 2.40 bits per heavy atom. The number of halogens is 1. The number of nitrogens with one attached hydrogen (secondary N) is 1. The number of nitrogens with zero attached hydrogens (tertiary/aromatic N) is 2. The van der Waals surface area contributed by atoms with Crippen molar-refractivity contribution in [3.63, 3.8) is 0 Å². The molecular formula is C9H10BrN3S2. The van der Waals surface area contributed by atoms with Gasteiger partial charge in [-0.1, -0.05) is 0 Å². The van der Waals surface area contributed by atoms with Gasteiger partial charge in [0.15, 0.2) is 0 Å². The second kappa shape index (κ2) is 5.16. The van der Waals surface area contributed by atoms with Crippen LogP contribution in [0.3, 0.4) is 0 Å². The molecule has 2 heterocycles. The molecule has 0 saturated carbocycles. The summed E-state index contributed by atoms with van der Waals surface area (Å²) in [4.78, 5) is 8.52. The summed E-state index contributed by atoms with van der Waals surface area (Å²) in [6.07, 6.45) is 1.83. The average molecular weight is 304 g/mol. The van der Waals surface area contributed by atoms with E-state index in [1.54, 1.807) is 22.7 Å². The van der Waals surface area contributed by atoms with Gasteiger partial charge in [0, 0.05) is 11.9 Å². The fourth-order valence-electron chi connectivity index (χ4n) is 1.14. The van der Waals surface area contributed by atoms with Gasteiger partial charge in [0.05, 0.1) is 27.2 Å². The van der Waals surface area contributed by atoms with Crippen LogP contribution in [-0.2, 0) is 6.54 Å². The molecule has 0 aliphatic carbocycles. The fraction of sp³-hybridized carbons (Fsp3) is 0.333. The van der Waals surface area contributed by atoms with Gasteiger partial charge in [-0.05, 0) is 22.9 Å². The minimum Gasteiger partial charge on any atom is -0.302 e. The van der Waals surface area contributed by atoms with Crippen molar-refractivity contribution in [1.82, 2.24) is 15.3 Å². The van der Waals surface area contributed by atoms with E-state index >= 15 is 0 Å². The molecule has 0 fully saturated rings. The molecule has 3 nitrogen and oxygen atoms in total. The Kier molecular flexibility index (Phi) is 3.85. The minimum absolute atomic E-state index is 0.267. The van der Waals surface area contributed by atoms with E-state index < -0.39 is 0 Å². The largest absolute Gasteiger partial charge is 0.302 e. The van der Waals surface area contributed by atoms with E-state index in [9.17, 15) is 0 Å². The van der Waals surface area contributed by atoms with E-state index in [-0.39, 0.29) is 6.04 Å². The summed E-state index contributed by atoms with van der Waals surface area (Å²) in [6.45, 7) is 2.90. The van der Waals surface area contributed by atoms with Crippen molar-refractivity contribution in [2.45, 2.75) is 19.5 Å². The van der Waals surface area contributed by atoms with E-state index in [0.717, 1.165) is 21.0 Å². The molecule has 0 radical (unpaired) electrons. The van der Waals surface area contributed by atoms with Gasteiger partial charge in [-0.2, -0.15) is 0 Å². The molecule has 0 aliphatic rings. The van der Waals surface area contributed by atoms with Gasteiger partial charge < -0.3 is 5.32 Å². The normalized spacial score (nSPS) is 12.9. The SMILES string of the molecule is CC(NCc1cscn1)c1ncc(Br)s1. The van der Waals surface area contributed by atoms with E-state index in [1.165, 1.54) is 0 Å². The predicted molar refractivity (Wildman–Crippen MR) is 67.2 cm³/mol. The first-order chi connectivity index (χ1) is 7.25. The summed E-state index contributed by atoms with van der Waals surface area (Å²) in [5.74, 6) is 0. The topological polar surface area (TPSA) is 37.8 Å². The lowest BCUT2D eigenvalue weighted by Crippen LogP contribution is -2.17. The van der Waals surface area contributed by atoms with Gasteiger partial charge >= 0.3 is 0 Å². The maximum Gasteiger partial charge on any atom is 0.110 e. The van der Waals surface area contributed by atoms with Crippen molar-refractivity contribution in [1.29, 1.82) is 0 Å². The lowest BCUT2D eigenvalue weighted by molar-refractivity contribution is 0.566. The molecule has 15 heavy (non-hydrogen) atoms. The first kappa shape index (κ1) is 11.2. The maximum absolute atomic E-state index is 4.31. The van der Waals surface area contributed by atoms with Gasteiger partial charge in [0.25, 0.3) is 0 Å². The summed E-state index contributed by atoms with van der Waals surface area (Å²) in [7, 11) is 0. The van der Waals surface area contributed by atoms with Crippen LogP contribution < -0.4 is 5.32 Å². The molecule has 0 saturated heterocycles. The Hall–Kier alpha value is -0.300. The predicted octanol–water partition coefficient (Wildman–Crippen LogP) is 3.21. The van der Waals surface area contributed by atoms with Gasteiger partial charge in [-0.25, -0.2) is 9.97 Å². The highest BCUT2D eigenvalue weighted by molar-refractivity contribution is 9.11. The molecule has 0 spiro atoms. The fourth-order valence-corrected chi connectivity index (χ4v) is 2.97. The van der Waals surface area contributed by atoms with Crippen molar-refractivity contribution >= 4 is 38.6 Å². The van der Waals surface area contributed by atoms with Crippen LogP contribution in [0.2, 0.25) is 0 Å². The van der Waals surface area contributed by atoms with E-state index in [4.69, 9.17) is 0 Å². The van der Waals surface area contributed by atoms with Crippen LogP contribution in [0.15, 0.2) is 20.9 Å². The van der Waals surface area contributed by atoms with Crippen LogP contribution >= 0.6 is 38.6 Å². The van der Waals surface area contributed by atoms with E-state index in [0.29, 0.717) is 0 Å². The first-order valence-electron chi connectivity index (χ1n) is 4.47. The van der Waals surface area contributed by atoms with Crippen molar-refractivity contribution in [3.8, 4) is 0 Å². The quantitative estimate of drug-likeness (QED) is 0.942. The molecule has 2 aromatic heterocycles. The first-order valence-corrected chi connectivity index (χ1v) is 7.02. The molecule has 1 atom stereocenters. The van der Waals surface area contributed by atoms with Crippen LogP contribution in [0.5, 0.6) is 0 Å². The Morgan fingerprint density at radius 3 is 3.00 bits per heavy atom. The molecule has 6 heteroatoms. The zero-order chi connectivity index (χ0) is 10.7. The molecule has 1 N–H and O–H groups in total. The highest BCUT2D eigenvalue weighted by atomic mass is 79.9. The van der Waals surface area contributed by atoms with Crippen molar-refractivity contribution < 1.29 is 0 Å². The molecule has 0 amide bonds. The molecule has 1 unspecified atom stereocenters. The summed E-state index contributed by atoms with van der Waals surface area (Å²) < 4.78 is 1.07. The number of hydrogen-bond donors (Lipinski definition) is 1. The number of thiazole rings is 2. The van der Waals surface area contributed by atoms with Gasteiger partial charge in [0.2, 0.25) is 0 Å². The lowest BCUT2D eigenvalue weighted by Gasteiger charge is -2.08. The molecule has 0 aromatic carbocycles. The van der Waals surface area contributed by atoms with Crippen molar-refractivity contribution in [3.05, 3.63) is 31.6 Å². The average Bonchev–Trinajstić information content (AvgIpc) is 2.84. The zero-order valence-corrected chi connectivity index (χ0v) is 11.3. The van der Waals surface area contributed by atoms with Crippen LogP contribution in [0.25, 0.3) is 0 Å². The molecule has 0 aliphatic heterocycles. The van der Waals surface area contributed by atoms with Crippen molar-refractivity contribution in [2.75, 3.05) is 0 Å². The highest BCUT2D eigenvalue weighted by Gasteiger charge is 2.09. The third kappa shape index (κ3) is 3.07. The smallest absolute Gasteiger partial charge is 0.110 e.